The van der Waals surface area contributed by atoms with Gasteiger partial charge in [0, 0.05) is 13.2 Å². The molecular weight excluding hydrogens is 264 g/mol. The normalized spacial score (nSPS) is 11.7. The molecule has 0 amide bonds. The molecule has 6 heteroatoms. The van der Waals surface area contributed by atoms with Crippen LogP contribution in [0.5, 0.6) is 0 Å². The predicted octanol–water partition coefficient (Wildman–Crippen LogP) is 0.763. The van der Waals surface area contributed by atoms with Crippen molar-refractivity contribution in [2.75, 3.05) is 33.4 Å². The molecule has 0 saturated carbocycles. The van der Waals surface area contributed by atoms with E-state index in [4.69, 9.17) is 4.74 Å². The number of hydrogen-bond acceptors (Lipinski definition) is 4. The maximum Gasteiger partial charge on any atom is 0.240 e. The molecule has 2 N–H and O–H groups in total. The molecule has 0 spiro atoms. The molecule has 0 aliphatic heterocycles. The molecule has 1 aromatic rings. The molecule has 0 aromatic heterocycles. The smallest absolute Gasteiger partial charge is 0.240 e. The van der Waals surface area contributed by atoms with Crippen molar-refractivity contribution in [3.05, 3.63) is 29.8 Å². The topological polar surface area (TPSA) is 67.4 Å². The summed E-state index contributed by atoms with van der Waals surface area (Å²) in [4.78, 5) is 0.289. The van der Waals surface area contributed by atoms with E-state index in [0.29, 0.717) is 13.2 Å². The van der Waals surface area contributed by atoms with E-state index in [-0.39, 0.29) is 11.4 Å². The van der Waals surface area contributed by atoms with Crippen LogP contribution in [0.15, 0.2) is 29.2 Å². The van der Waals surface area contributed by atoms with E-state index in [2.05, 4.69) is 10.0 Å². The standard InChI is InChI=1S/C13H22N2O3S/c1-3-18-11-10-15-19(16,17)13-6-4-12(5-7-13)8-9-14-2/h4-7,14-15H,3,8-11H2,1-2H3. The molecule has 0 aliphatic rings. The molecule has 108 valence electrons. The molecule has 0 atom stereocenters. The average molecular weight is 286 g/mol. The lowest BCUT2D eigenvalue weighted by atomic mass is 10.1. The van der Waals surface area contributed by atoms with Gasteiger partial charge in [0.25, 0.3) is 0 Å². The first-order chi connectivity index (χ1) is 9.10. The van der Waals surface area contributed by atoms with Crippen molar-refractivity contribution in [1.29, 1.82) is 0 Å². The summed E-state index contributed by atoms with van der Waals surface area (Å²) in [6.45, 7) is 4.01. The minimum absolute atomic E-state index is 0.289. The van der Waals surface area contributed by atoms with Crippen LogP contribution in [-0.2, 0) is 21.2 Å². The second-order valence-electron chi connectivity index (χ2n) is 4.09. The highest BCUT2D eigenvalue weighted by Crippen LogP contribution is 2.10. The highest BCUT2D eigenvalue weighted by molar-refractivity contribution is 7.89. The summed E-state index contributed by atoms with van der Waals surface area (Å²) in [6, 6.07) is 6.95. The Morgan fingerprint density at radius 1 is 1.16 bits per heavy atom. The molecule has 19 heavy (non-hydrogen) atoms. The van der Waals surface area contributed by atoms with Crippen molar-refractivity contribution in [3.63, 3.8) is 0 Å². The van der Waals surface area contributed by atoms with Crippen LogP contribution in [0.2, 0.25) is 0 Å². The number of nitrogens with one attached hydrogen (secondary N) is 2. The number of sulfonamides is 1. The molecule has 0 radical (unpaired) electrons. The number of benzene rings is 1. The van der Waals surface area contributed by atoms with E-state index in [0.717, 1.165) is 18.5 Å². The predicted molar refractivity (Wildman–Crippen MR) is 75.8 cm³/mol. The Morgan fingerprint density at radius 3 is 2.42 bits per heavy atom. The molecule has 0 heterocycles. The van der Waals surface area contributed by atoms with Crippen molar-refractivity contribution in [2.24, 2.45) is 0 Å². The van der Waals surface area contributed by atoms with E-state index in [1.165, 1.54) is 0 Å². The Balaban J connectivity index is 2.58. The van der Waals surface area contributed by atoms with Gasteiger partial charge in [-0.15, -0.1) is 0 Å². The van der Waals surface area contributed by atoms with Crippen molar-refractivity contribution in [1.82, 2.24) is 10.0 Å². The van der Waals surface area contributed by atoms with Crippen LogP contribution in [0.25, 0.3) is 0 Å². The summed E-state index contributed by atoms with van der Waals surface area (Å²) >= 11 is 0. The van der Waals surface area contributed by atoms with E-state index in [1.807, 2.05) is 26.1 Å². The minimum atomic E-state index is -3.42. The maximum atomic E-state index is 11.9. The second-order valence-corrected chi connectivity index (χ2v) is 5.86. The first-order valence-corrected chi connectivity index (χ1v) is 7.89. The van der Waals surface area contributed by atoms with Crippen LogP contribution in [0.3, 0.4) is 0 Å². The van der Waals surface area contributed by atoms with Gasteiger partial charge in [-0.2, -0.15) is 0 Å². The molecule has 1 aromatic carbocycles. The van der Waals surface area contributed by atoms with Gasteiger partial charge < -0.3 is 10.1 Å². The quantitative estimate of drug-likeness (QED) is 0.658. The molecular formula is C13H22N2O3S. The summed E-state index contributed by atoms with van der Waals surface area (Å²) in [6.07, 6.45) is 0.884. The number of ether oxygens (including phenoxy) is 1. The van der Waals surface area contributed by atoms with Crippen molar-refractivity contribution < 1.29 is 13.2 Å². The number of rotatable bonds is 9. The molecule has 0 aliphatic carbocycles. The Hall–Kier alpha value is -0.950. The fourth-order valence-corrected chi connectivity index (χ4v) is 2.59. The zero-order valence-electron chi connectivity index (χ0n) is 11.5. The number of hydrogen-bond donors (Lipinski definition) is 2. The van der Waals surface area contributed by atoms with Gasteiger partial charge in [-0.25, -0.2) is 13.1 Å². The van der Waals surface area contributed by atoms with Gasteiger partial charge in [0.1, 0.15) is 0 Å². The summed E-state index contributed by atoms with van der Waals surface area (Å²) in [7, 11) is -1.53. The van der Waals surface area contributed by atoms with Gasteiger partial charge in [0.2, 0.25) is 10.0 Å². The van der Waals surface area contributed by atoms with Gasteiger partial charge in [-0.05, 0) is 44.6 Å². The second kappa shape index (κ2) is 8.27. The van der Waals surface area contributed by atoms with Crippen LogP contribution < -0.4 is 10.0 Å². The minimum Gasteiger partial charge on any atom is -0.380 e. The lowest BCUT2D eigenvalue weighted by molar-refractivity contribution is 0.153. The first kappa shape index (κ1) is 16.1. The third-order valence-electron chi connectivity index (χ3n) is 2.64. The lowest BCUT2D eigenvalue weighted by Gasteiger charge is -2.07. The van der Waals surface area contributed by atoms with Crippen LogP contribution >= 0.6 is 0 Å². The highest BCUT2D eigenvalue weighted by Gasteiger charge is 2.12. The summed E-state index contributed by atoms with van der Waals surface area (Å²) < 4.78 is 31.5. The maximum absolute atomic E-state index is 11.9. The zero-order chi connectivity index (χ0) is 14.1. The van der Waals surface area contributed by atoms with Crippen LogP contribution in [0.1, 0.15) is 12.5 Å². The molecule has 0 unspecified atom stereocenters. The zero-order valence-corrected chi connectivity index (χ0v) is 12.3. The Morgan fingerprint density at radius 2 is 1.84 bits per heavy atom. The average Bonchev–Trinajstić information content (AvgIpc) is 2.42. The van der Waals surface area contributed by atoms with E-state index in [9.17, 15) is 8.42 Å². The highest BCUT2D eigenvalue weighted by atomic mass is 32.2. The summed E-state index contributed by atoms with van der Waals surface area (Å²) in [5.41, 5.74) is 1.11. The Kier molecular flexibility index (Phi) is 7.01. The first-order valence-electron chi connectivity index (χ1n) is 6.41. The molecule has 1 rings (SSSR count). The van der Waals surface area contributed by atoms with E-state index < -0.39 is 10.0 Å². The lowest BCUT2D eigenvalue weighted by Crippen LogP contribution is -2.27. The Bertz CT molecular complexity index is 457. The van der Waals surface area contributed by atoms with Gasteiger partial charge in [0.15, 0.2) is 0 Å². The summed E-state index contributed by atoms with van der Waals surface area (Å²) in [5, 5.41) is 3.06. The van der Waals surface area contributed by atoms with Crippen LogP contribution in [-0.4, -0.2) is 41.8 Å². The SMILES string of the molecule is CCOCCNS(=O)(=O)c1ccc(CCNC)cc1. The fourth-order valence-electron chi connectivity index (χ4n) is 1.58. The fraction of sp³-hybridized carbons (Fsp3) is 0.538. The van der Waals surface area contributed by atoms with Gasteiger partial charge in [-0.1, -0.05) is 12.1 Å². The molecule has 0 fully saturated rings. The largest absolute Gasteiger partial charge is 0.380 e. The molecule has 0 saturated heterocycles. The number of likely N-dealkylation sites (N-methyl/N-ethyl adjacent to an activating group) is 1. The molecule has 0 bridgehead atoms. The van der Waals surface area contributed by atoms with Crippen LogP contribution in [0, 0.1) is 0 Å². The third kappa shape index (κ3) is 5.69. The van der Waals surface area contributed by atoms with Crippen molar-refractivity contribution in [2.45, 2.75) is 18.2 Å². The third-order valence-corrected chi connectivity index (χ3v) is 4.12. The van der Waals surface area contributed by atoms with Gasteiger partial charge >= 0.3 is 0 Å². The Labute approximate surface area is 115 Å². The van der Waals surface area contributed by atoms with Crippen molar-refractivity contribution >= 4 is 10.0 Å². The van der Waals surface area contributed by atoms with Crippen molar-refractivity contribution in [3.8, 4) is 0 Å². The monoisotopic (exact) mass is 286 g/mol. The van der Waals surface area contributed by atoms with E-state index >= 15 is 0 Å². The van der Waals surface area contributed by atoms with Gasteiger partial charge in [0.05, 0.1) is 11.5 Å². The van der Waals surface area contributed by atoms with E-state index in [1.54, 1.807) is 12.1 Å². The summed E-state index contributed by atoms with van der Waals surface area (Å²) in [5.74, 6) is 0. The van der Waals surface area contributed by atoms with Gasteiger partial charge in [-0.3, -0.25) is 0 Å². The molecule has 5 nitrogen and oxygen atoms in total. The van der Waals surface area contributed by atoms with Crippen LogP contribution in [0.4, 0.5) is 0 Å².